The zero-order valence-corrected chi connectivity index (χ0v) is 23.7. The monoisotopic (exact) mass is 526 g/mol. The summed E-state index contributed by atoms with van der Waals surface area (Å²) in [6, 6.07) is 16.9. The number of benzene rings is 2. The molecular weight excluding hydrogens is 488 g/mol. The van der Waals surface area contributed by atoms with E-state index in [1.54, 1.807) is 17.9 Å². The summed E-state index contributed by atoms with van der Waals surface area (Å²) in [5.74, 6) is 1.02. The Hall–Kier alpha value is -4.13. The van der Waals surface area contributed by atoms with Crippen molar-refractivity contribution in [3.8, 4) is 16.9 Å². The molecule has 4 rings (SSSR count). The van der Waals surface area contributed by atoms with Gasteiger partial charge in [-0.3, -0.25) is 9.36 Å². The second-order valence-corrected chi connectivity index (χ2v) is 10.3. The number of aromatic nitrogens is 2. The Balaban J connectivity index is 1.92. The van der Waals surface area contributed by atoms with Crippen molar-refractivity contribution in [2.75, 3.05) is 17.7 Å². The topological polar surface area (TPSA) is 85.2 Å². The van der Waals surface area contributed by atoms with E-state index in [0.29, 0.717) is 29.1 Å². The standard InChI is InChI=1S/C32H38N4O3/c1-7-8-19-36-30-25(16-12-18-33-30)27(24-13-9-10-17-26(24)39-6)29(31(36)37)35-32(38)34-28-22(20(2)3)14-11-15-23(28)21(4)5/h9-18,20-21H,7-8,19H2,1-6H3,(H2,34,35,38). The maximum Gasteiger partial charge on any atom is 0.323 e. The van der Waals surface area contributed by atoms with Crippen molar-refractivity contribution < 1.29 is 9.53 Å². The number of hydrogen-bond acceptors (Lipinski definition) is 4. The number of anilines is 2. The summed E-state index contributed by atoms with van der Waals surface area (Å²) in [7, 11) is 1.60. The van der Waals surface area contributed by atoms with Crippen LogP contribution >= 0.6 is 0 Å². The fourth-order valence-electron chi connectivity index (χ4n) is 5.00. The molecule has 2 aromatic heterocycles. The number of unbranched alkanes of at least 4 members (excludes halogenated alkanes) is 1. The van der Waals surface area contributed by atoms with Crippen LogP contribution in [0.25, 0.3) is 22.2 Å². The maximum atomic E-state index is 14.1. The number of fused-ring (bicyclic) bond motifs is 1. The van der Waals surface area contributed by atoms with E-state index in [0.717, 1.165) is 35.0 Å². The highest BCUT2D eigenvalue weighted by molar-refractivity contribution is 6.08. The molecule has 0 aliphatic carbocycles. The molecular formula is C32H38N4O3. The summed E-state index contributed by atoms with van der Waals surface area (Å²) in [6.45, 7) is 11.0. The van der Waals surface area contributed by atoms with Crippen LogP contribution < -0.4 is 20.9 Å². The largest absolute Gasteiger partial charge is 0.496 e. The maximum absolute atomic E-state index is 14.1. The minimum atomic E-state index is -0.469. The molecule has 0 atom stereocenters. The number of ether oxygens (including phenoxy) is 1. The predicted octanol–water partition coefficient (Wildman–Crippen LogP) is 7.76. The highest BCUT2D eigenvalue weighted by Gasteiger charge is 2.24. The Morgan fingerprint density at radius 3 is 2.23 bits per heavy atom. The summed E-state index contributed by atoms with van der Waals surface area (Å²) in [6.07, 6.45) is 3.42. The van der Waals surface area contributed by atoms with Crippen LogP contribution in [0.2, 0.25) is 0 Å². The van der Waals surface area contributed by atoms with E-state index in [1.165, 1.54) is 0 Å². The third-order valence-electron chi connectivity index (χ3n) is 6.98. The average Bonchev–Trinajstić information content (AvgIpc) is 2.93. The van der Waals surface area contributed by atoms with Crippen molar-refractivity contribution in [1.29, 1.82) is 0 Å². The number of nitrogens with zero attached hydrogens (tertiary/aromatic N) is 2. The van der Waals surface area contributed by atoms with Gasteiger partial charge in [0.15, 0.2) is 0 Å². The summed E-state index contributed by atoms with van der Waals surface area (Å²) < 4.78 is 7.33. The van der Waals surface area contributed by atoms with Crippen LogP contribution in [0.15, 0.2) is 65.6 Å². The Labute approximate surface area is 230 Å². The third-order valence-corrected chi connectivity index (χ3v) is 6.98. The lowest BCUT2D eigenvalue weighted by Gasteiger charge is -2.22. The molecule has 0 radical (unpaired) electrons. The van der Waals surface area contributed by atoms with E-state index in [9.17, 15) is 9.59 Å². The zero-order valence-electron chi connectivity index (χ0n) is 23.7. The number of carbonyl (C=O) groups excluding carboxylic acids is 1. The van der Waals surface area contributed by atoms with Gasteiger partial charge in [-0.15, -0.1) is 0 Å². The van der Waals surface area contributed by atoms with Crippen molar-refractivity contribution >= 4 is 28.4 Å². The molecule has 0 bridgehead atoms. The molecule has 204 valence electrons. The summed E-state index contributed by atoms with van der Waals surface area (Å²) >= 11 is 0. The molecule has 0 aliphatic heterocycles. The second kappa shape index (κ2) is 12.2. The Kier molecular flexibility index (Phi) is 8.69. The Morgan fingerprint density at radius 1 is 0.923 bits per heavy atom. The molecule has 7 heteroatoms. The van der Waals surface area contributed by atoms with Gasteiger partial charge in [-0.1, -0.05) is 77.4 Å². The molecule has 39 heavy (non-hydrogen) atoms. The summed E-state index contributed by atoms with van der Waals surface area (Å²) in [5.41, 5.74) is 4.65. The molecule has 0 aliphatic rings. The lowest BCUT2D eigenvalue weighted by atomic mass is 9.93. The molecule has 7 nitrogen and oxygen atoms in total. The first kappa shape index (κ1) is 27.9. The average molecular weight is 527 g/mol. The molecule has 4 aromatic rings. The van der Waals surface area contributed by atoms with Gasteiger partial charge < -0.3 is 15.4 Å². The number of methoxy groups -OCH3 is 1. The van der Waals surface area contributed by atoms with Crippen LogP contribution in [0.5, 0.6) is 5.75 Å². The summed E-state index contributed by atoms with van der Waals surface area (Å²) in [5, 5.41) is 6.80. The number of pyridine rings is 2. The molecule has 0 saturated carbocycles. The van der Waals surface area contributed by atoms with Crippen molar-refractivity contribution in [2.24, 2.45) is 0 Å². The van der Waals surface area contributed by atoms with Crippen molar-refractivity contribution in [3.63, 3.8) is 0 Å². The first-order valence-electron chi connectivity index (χ1n) is 13.6. The molecule has 2 heterocycles. The normalized spacial score (nSPS) is 11.3. The molecule has 0 fully saturated rings. The minimum absolute atomic E-state index is 0.196. The number of urea groups is 1. The van der Waals surface area contributed by atoms with Gasteiger partial charge in [0.05, 0.1) is 7.11 Å². The number of aryl methyl sites for hydroxylation is 1. The number of carbonyl (C=O) groups is 1. The summed E-state index contributed by atoms with van der Waals surface area (Å²) in [4.78, 5) is 32.3. The fourth-order valence-corrected chi connectivity index (χ4v) is 5.00. The molecule has 0 spiro atoms. The van der Waals surface area contributed by atoms with Gasteiger partial charge in [0.1, 0.15) is 17.1 Å². The van der Waals surface area contributed by atoms with E-state index in [4.69, 9.17) is 4.74 Å². The van der Waals surface area contributed by atoms with Crippen LogP contribution in [0.1, 0.15) is 70.4 Å². The van der Waals surface area contributed by atoms with Crippen LogP contribution in [0.3, 0.4) is 0 Å². The van der Waals surface area contributed by atoms with E-state index in [-0.39, 0.29) is 23.1 Å². The Bertz CT molecular complexity index is 1510. The van der Waals surface area contributed by atoms with Gasteiger partial charge in [-0.2, -0.15) is 0 Å². The predicted molar refractivity (Wildman–Crippen MR) is 160 cm³/mol. The van der Waals surface area contributed by atoms with Gasteiger partial charge >= 0.3 is 6.03 Å². The minimum Gasteiger partial charge on any atom is -0.496 e. The first-order valence-corrected chi connectivity index (χ1v) is 13.6. The van der Waals surface area contributed by atoms with Crippen molar-refractivity contribution in [3.05, 3.63) is 82.3 Å². The van der Waals surface area contributed by atoms with Crippen LogP contribution in [-0.2, 0) is 6.54 Å². The number of rotatable bonds is 9. The number of amides is 2. The second-order valence-electron chi connectivity index (χ2n) is 10.3. The number of para-hydroxylation sites is 2. The van der Waals surface area contributed by atoms with E-state index >= 15 is 0 Å². The highest BCUT2D eigenvalue weighted by Crippen LogP contribution is 2.39. The lowest BCUT2D eigenvalue weighted by molar-refractivity contribution is 0.262. The SMILES string of the molecule is CCCCn1c(=O)c(NC(=O)Nc2c(C(C)C)cccc2C(C)C)c(-c2ccccc2OC)c2cccnc21. The molecule has 0 saturated heterocycles. The fraction of sp³-hybridized carbons (Fsp3) is 0.344. The van der Waals surface area contributed by atoms with Crippen molar-refractivity contribution in [2.45, 2.75) is 65.8 Å². The number of nitrogens with one attached hydrogen (secondary N) is 2. The lowest BCUT2D eigenvalue weighted by Crippen LogP contribution is -2.30. The van der Waals surface area contributed by atoms with Crippen LogP contribution in [-0.4, -0.2) is 22.7 Å². The van der Waals surface area contributed by atoms with Gasteiger partial charge in [0, 0.05) is 34.9 Å². The zero-order chi connectivity index (χ0) is 28.1. The molecule has 2 aromatic carbocycles. The van der Waals surface area contributed by atoms with Crippen LogP contribution in [0.4, 0.5) is 16.2 Å². The third kappa shape index (κ3) is 5.67. The van der Waals surface area contributed by atoms with E-state index in [2.05, 4.69) is 50.2 Å². The van der Waals surface area contributed by atoms with Gasteiger partial charge in [-0.25, -0.2) is 9.78 Å². The Morgan fingerprint density at radius 2 is 1.59 bits per heavy atom. The quantitative estimate of drug-likeness (QED) is 0.233. The van der Waals surface area contributed by atoms with Gasteiger partial charge in [-0.05, 0) is 47.6 Å². The van der Waals surface area contributed by atoms with Crippen molar-refractivity contribution in [1.82, 2.24) is 9.55 Å². The molecule has 2 amide bonds. The number of hydrogen-bond donors (Lipinski definition) is 2. The van der Waals surface area contributed by atoms with Gasteiger partial charge in [0.2, 0.25) is 0 Å². The first-order chi connectivity index (χ1) is 18.8. The molecule has 2 N–H and O–H groups in total. The van der Waals surface area contributed by atoms with E-state index in [1.807, 2.05) is 54.6 Å². The molecule has 0 unspecified atom stereocenters. The highest BCUT2D eigenvalue weighted by atomic mass is 16.5. The smallest absolute Gasteiger partial charge is 0.323 e. The van der Waals surface area contributed by atoms with E-state index < -0.39 is 6.03 Å². The van der Waals surface area contributed by atoms with Crippen LogP contribution in [0, 0.1) is 0 Å². The van der Waals surface area contributed by atoms with Gasteiger partial charge in [0.25, 0.3) is 5.56 Å².